The van der Waals surface area contributed by atoms with Crippen molar-refractivity contribution in [2.45, 2.75) is 13.0 Å². The summed E-state index contributed by atoms with van der Waals surface area (Å²) in [5, 5.41) is 14.8. The van der Waals surface area contributed by atoms with Crippen molar-refractivity contribution in [3.63, 3.8) is 0 Å². The summed E-state index contributed by atoms with van der Waals surface area (Å²) in [5.41, 5.74) is 6.82. The van der Waals surface area contributed by atoms with Crippen LogP contribution in [-0.4, -0.2) is 22.5 Å². The van der Waals surface area contributed by atoms with Crippen molar-refractivity contribution < 1.29 is 4.92 Å². The zero-order valence-electron chi connectivity index (χ0n) is 9.96. The molecule has 18 heavy (non-hydrogen) atoms. The van der Waals surface area contributed by atoms with Crippen molar-refractivity contribution in [1.82, 2.24) is 4.98 Å². The van der Waals surface area contributed by atoms with Gasteiger partial charge in [-0.15, -0.1) is 0 Å². The molecule has 2 rings (SSSR count). The predicted octanol–water partition coefficient (Wildman–Crippen LogP) is 1.90. The van der Waals surface area contributed by atoms with E-state index in [1.54, 1.807) is 6.07 Å². The van der Waals surface area contributed by atoms with Crippen LogP contribution in [0.15, 0.2) is 30.5 Å². The van der Waals surface area contributed by atoms with Gasteiger partial charge in [0.2, 0.25) is 0 Å². The van der Waals surface area contributed by atoms with Gasteiger partial charge in [0.15, 0.2) is 0 Å². The molecule has 6 heteroatoms. The highest BCUT2D eigenvalue weighted by Gasteiger charge is 2.17. The van der Waals surface area contributed by atoms with Crippen molar-refractivity contribution in [3.05, 3.63) is 40.6 Å². The fraction of sp³-hybridized carbons (Fsp3) is 0.250. The summed E-state index contributed by atoms with van der Waals surface area (Å²) in [7, 11) is 0. The molecule has 0 radical (unpaired) electrons. The van der Waals surface area contributed by atoms with Gasteiger partial charge in [-0.3, -0.25) is 10.1 Å². The Morgan fingerprint density at radius 1 is 1.50 bits per heavy atom. The Balaban J connectivity index is 2.55. The van der Waals surface area contributed by atoms with Crippen LogP contribution in [0.1, 0.15) is 6.92 Å². The number of para-hydroxylation sites is 1. The molecule has 6 nitrogen and oxygen atoms in total. The third-order valence-electron chi connectivity index (χ3n) is 2.55. The van der Waals surface area contributed by atoms with E-state index in [1.807, 2.05) is 25.1 Å². The predicted molar refractivity (Wildman–Crippen MR) is 70.5 cm³/mol. The molecule has 0 aliphatic heterocycles. The summed E-state index contributed by atoms with van der Waals surface area (Å²) in [5.74, 6) is 0. The van der Waals surface area contributed by atoms with Crippen LogP contribution in [0.2, 0.25) is 0 Å². The number of hydrogen-bond donors (Lipinski definition) is 2. The quantitative estimate of drug-likeness (QED) is 0.634. The minimum atomic E-state index is -0.442. The summed E-state index contributed by atoms with van der Waals surface area (Å²) in [6.45, 7) is 2.30. The molecule has 0 spiro atoms. The van der Waals surface area contributed by atoms with E-state index in [9.17, 15) is 10.1 Å². The van der Waals surface area contributed by atoms with Gasteiger partial charge < -0.3 is 11.1 Å². The second-order valence-electron chi connectivity index (χ2n) is 4.15. The molecule has 1 unspecified atom stereocenters. The molecule has 1 heterocycles. The highest BCUT2D eigenvalue weighted by Crippen LogP contribution is 2.31. The number of nitro groups is 1. The van der Waals surface area contributed by atoms with Gasteiger partial charge in [-0.1, -0.05) is 18.2 Å². The lowest BCUT2D eigenvalue weighted by atomic mass is 10.1. The summed E-state index contributed by atoms with van der Waals surface area (Å²) < 4.78 is 0. The first-order chi connectivity index (χ1) is 8.59. The lowest BCUT2D eigenvalue weighted by Crippen LogP contribution is -2.25. The Morgan fingerprint density at radius 2 is 2.22 bits per heavy atom. The molecule has 94 valence electrons. The molecule has 0 saturated carbocycles. The van der Waals surface area contributed by atoms with Gasteiger partial charge >= 0.3 is 5.69 Å². The van der Waals surface area contributed by atoms with Gasteiger partial charge in [-0.2, -0.15) is 0 Å². The zero-order valence-corrected chi connectivity index (χ0v) is 9.96. The van der Waals surface area contributed by atoms with Gasteiger partial charge in [0.1, 0.15) is 11.9 Å². The van der Waals surface area contributed by atoms with E-state index in [-0.39, 0.29) is 11.7 Å². The number of rotatable bonds is 4. The first-order valence-corrected chi connectivity index (χ1v) is 5.61. The molecule has 0 amide bonds. The number of benzene rings is 1. The highest BCUT2D eigenvalue weighted by molar-refractivity contribution is 5.95. The first-order valence-electron chi connectivity index (χ1n) is 5.61. The van der Waals surface area contributed by atoms with Crippen molar-refractivity contribution in [2.75, 3.05) is 11.9 Å². The molecular weight excluding hydrogens is 232 g/mol. The maximum atomic E-state index is 11.0. The van der Waals surface area contributed by atoms with E-state index in [0.29, 0.717) is 12.2 Å². The molecule has 0 aliphatic carbocycles. The van der Waals surface area contributed by atoms with Gasteiger partial charge in [0.05, 0.1) is 10.4 Å². The average Bonchev–Trinajstić information content (AvgIpc) is 2.35. The number of anilines is 1. The molecule has 0 fully saturated rings. The Bertz CT molecular complexity index is 583. The third-order valence-corrected chi connectivity index (χ3v) is 2.55. The smallest absolute Gasteiger partial charge is 0.311 e. The van der Waals surface area contributed by atoms with Crippen molar-refractivity contribution in [1.29, 1.82) is 0 Å². The fourth-order valence-electron chi connectivity index (χ4n) is 1.72. The topological polar surface area (TPSA) is 94.1 Å². The molecule has 2 aromatic rings. The summed E-state index contributed by atoms with van der Waals surface area (Å²) >= 11 is 0. The van der Waals surface area contributed by atoms with Crippen LogP contribution in [0.25, 0.3) is 10.9 Å². The van der Waals surface area contributed by atoms with Gasteiger partial charge in [0.25, 0.3) is 0 Å². The van der Waals surface area contributed by atoms with Crippen LogP contribution >= 0.6 is 0 Å². The van der Waals surface area contributed by atoms with Gasteiger partial charge in [-0.25, -0.2) is 4.98 Å². The van der Waals surface area contributed by atoms with Crippen molar-refractivity contribution in [2.24, 2.45) is 5.73 Å². The Morgan fingerprint density at radius 3 is 2.89 bits per heavy atom. The van der Waals surface area contributed by atoms with Crippen LogP contribution in [-0.2, 0) is 0 Å². The third kappa shape index (κ3) is 2.38. The number of pyridine rings is 1. The molecule has 0 saturated heterocycles. The minimum absolute atomic E-state index is 0.0330. The Labute approximate surface area is 104 Å². The normalized spacial score (nSPS) is 12.3. The zero-order chi connectivity index (χ0) is 13.1. The molecular formula is C12H14N4O2. The van der Waals surface area contributed by atoms with E-state index in [0.717, 1.165) is 10.9 Å². The second kappa shape index (κ2) is 4.97. The van der Waals surface area contributed by atoms with E-state index in [2.05, 4.69) is 10.3 Å². The van der Waals surface area contributed by atoms with Crippen LogP contribution < -0.4 is 11.1 Å². The summed E-state index contributed by atoms with van der Waals surface area (Å²) in [4.78, 5) is 14.6. The molecule has 3 N–H and O–H groups in total. The lowest BCUT2D eigenvalue weighted by Gasteiger charge is -2.11. The number of aromatic nitrogens is 1. The maximum Gasteiger partial charge on any atom is 0.311 e. The Hall–Kier alpha value is -2.21. The maximum absolute atomic E-state index is 11.0. The molecule has 1 aromatic heterocycles. The molecule has 0 aliphatic rings. The molecule has 0 bridgehead atoms. The lowest BCUT2D eigenvalue weighted by molar-refractivity contribution is -0.384. The van der Waals surface area contributed by atoms with Crippen molar-refractivity contribution in [3.8, 4) is 0 Å². The SMILES string of the molecule is CC(N)CNc1c([N+](=O)[O-])cnc2ccccc12. The van der Waals surface area contributed by atoms with Gasteiger partial charge in [-0.05, 0) is 13.0 Å². The second-order valence-corrected chi connectivity index (χ2v) is 4.15. The molecule has 1 atom stereocenters. The Kier molecular flexibility index (Phi) is 3.38. The monoisotopic (exact) mass is 246 g/mol. The van der Waals surface area contributed by atoms with E-state index in [1.165, 1.54) is 6.20 Å². The van der Waals surface area contributed by atoms with Crippen LogP contribution in [0, 0.1) is 10.1 Å². The number of nitrogens with zero attached hydrogens (tertiary/aromatic N) is 2. The van der Waals surface area contributed by atoms with Crippen LogP contribution in [0.5, 0.6) is 0 Å². The largest absolute Gasteiger partial charge is 0.377 e. The molecule has 1 aromatic carbocycles. The van der Waals surface area contributed by atoms with Crippen LogP contribution in [0.4, 0.5) is 11.4 Å². The average molecular weight is 246 g/mol. The van der Waals surface area contributed by atoms with Crippen molar-refractivity contribution >= 4 is 22.3 Å². The number of nitrogens with two attached hydrogens (primary N) is 1. The van der Waals surface area contributed by atoms with E-state index < -0.39 is 4.92 Å². The highest BCUT2D eigenvalue weighted by atomic mass is 16.6. The summed E-state index contributed by atoms with van der Waals surface area (Å²) in [6.07, 6.45) is 1.27. The number of hydrogen-bond acceptors (Lipinski definition) is 5. The fourth-order valence-corrected chi connectivity index (χ4v) is 1.72. The van der Waals surface area contributed by atoms with E-state index in [4.69, 9.17) is 5.73 Å². The van der Waals surface area contributed by atoms with Gasteiger partial charge in [0, 0.05) is 18.0 Å². The summed E-state index contributed by atoms with van der Waals surface area (Å²) in [6, 6.07) is 7.20. The minimum Gasteiger partial charge on any atom is -0.377 e. The van der Waals surface area contributed by atoms with E-state index >= 15 is 0 Å². The van der Waals surface area contributed by atoms with Crippen LogP contribution in [0.3, 0.4) is 0 Å². The first kappa shape index (κ1) is 12.3. The number of fused-ring (bicyclic) bond motifs is 1. The number of nitrogens with one attached hydrogen (secondary N) is 1. The standard InChI is InChI=1S/C12H14N4O2/c1-8(13)6-15-12-9-4-2-3-5-10(9)14-7-11(12)16(17)18/h2-5,7-8H,6,13H2,1H3,(H,14,15).